The van der Waals surface area contributed by atoms with Crippen LogP contribution in [0.4, 0.5) is 0 Å². The minimum absolute atomic E-state index is 0.0833. The first-order valence-corrected chi connectivity index (χ1v) is 8.18. The highest BCUT2D eigenvalue weighted by Gasteiger charge is 2.15. The lowest BCUT2D eigenvalue weighted by Crippen LogP contribution is -2.42. The Morgan fingerprint density at radius 2 is 1.69 bits per heavy atom. The molecule has 3 aromatic rings. The number of aryl methyl sites for hydroxylation is 3. The van der Waals surface area contributed by atoms with E-state index in [0.29, 0.717) is 5.69 Å². The van der Waals surface area contributed by atoms with Crippen LogP contribution in [0, 0.1) is 32.1 Å². The molecule has 6 heteroatoms. The second-order valence-corrected chi connectivity index (χ2v) is 6.30. The molecule has 0 amide bonds. The van der Waals surface area contributed by atoms with Gasteiger partial charge in [0, 0.05) is 0 Å². The molecule has 0 fully saturated rings. The second-order valence-electron chi connectivity index (χ2n) is 6.30. The number of benzene rings is 2. The minimum Gasteiger partial charge on any atom is -0.266 e. The Hall–Kier alpha value is -3.46. The molecule has 0 aliphatic carbocycles. The number of hydrogen-bond donors (Lipinski definition) is 0. The first-order valence-electron chi connectivity index (χ1n) is 8.18. The van der Waals surface area contributed by atoms with Gasteiger partial charge in [-0.15, -0.1) is 5.10 Å². The normalized spacial score (nSPS) is 10.5. The summed E-state index contributed by atoms with van der Waals surface area (Å²) in [6.45, 7) is 5.94. The number of nitriles is 1. The molecule has 0 spiro atoms. The zero-order chi connectivity index (χ0) is 18.8. The largest absolute Gasteiger partial charge is 0.352 e. The van der Waals surface area contributed by atoms with Crippen LogP contribution in [-0.4, -0.2) is 14.3 Å². The number of rotatable bonds is 3. The van der Waals surface area contributed by atoms with Crippen LogP contribution in [0.15, 0.2) is 52.1 Å². The summed E-state index contributed by atoms with van der Waals surface area (Å²) < 4.78 is 2.16. The molecule has 0 unspecified atom stereocenters. The number of nitrogens with zero attached hydrogens (tertiary/aromatic N) is 4. The van der Waals surface area contributed by atoms with Crippen molar-refractivity contribution in [3.63, 3.8) is 0 Å². The van der Waals surface area contributed by atoms with Gasteiger partial charge in [-0.1, -0.05) is 35.9 Å². The number of aromatic nitrogens is 3. The van der Waals surface area contributed by atoms with Crippen molar-refractivity contribution in [3.8, 4) is 11.8 Å². The van der Waals surface area contributed by atoms with Gasteiger partial charge in [-0.2, -0.15) is 9.94 Å². The van der Waals surface area contributed by atoms with Crippen molar-refractivity contribution < 1.29 is 0 Å². The van der Waals surface area contributed by atoms with Gasteiger partial charge in [0.15, 0.2) is 0 Å². The van der Waals surface area contributed by atoms with Crippen molar-refractivity contribution in [2.45, 2.75) is 27.3 Å². The SMILES string of the molecule is Cc1ccc(Cn2c(=O)c(C#N)nn(-c3ccc(C)c(C)c3)c2=O)cc1. The van der Waals surface area contributed by atoms with Crippen LogP contribution < -0.4 is 11.2 Å². The summed E-state index contributed by atoms with van der Waals surface area (Å²) in [4.78, 5) is 25.3. The Bertz CT molecular complexity index is 1130. The standard InChI is InChI=1S/C20H18N4O2/c1-13-4-7-16(8-5-13)12-23-19(25)18(11-21)22-24(20(23)26)17-9-6-14(2)15(3)10-17/h4-10H,12H2,1-3H3. The van der Waals surface area contributed by atoms with Crippen molar-refractivity contribution in [1.82, 2.24) is 14.3 Å². The van der Waals surface area contributed by atoms with Gasteiger partial charge >= 0.3 is 5.69 Å². The Balaban J connectivity index is 2.20. The average Bonchev–Trinajstić information content (AvgIpc) is 2.63. The van der Waals surface area contributed by atoms with E-state index in [4.69, 9.17) is 0 Å². The van der Waals surface area contributed by atoms with Gasteiger partial charge < -0.3 is 0 Å². The lowest BCUT2D eigenvalue weighted by Gasteiger charge is -2.11. The van der Waals surface area contributed by atoms with E-state index < -0.39 is 11.2 Å². The molecule has 1 aromatic heterocycles. The highest BCUT2D eigenvalue weighted by Crippen LogP contribution is 2.12. The Kier molecular flexibility index (Phi) is 4.55. The van der Waals surface area contributed by atoms with Gasteiger partial charge in [0.25, 0.3) is 5.56 Å². The van der Waals surface area contributed by atoms with Gasteiger partial charge in [-0.3, -0.25) is 9.36 Å². The maximum atomic E-state index is 12.9. The van der Waals surface area contributed by atoms with Crippen molar-refractivity contribution in [1.29, 1.82) is 5.26 Å². The van der Waals surface area contributed by atoms with E-state index in [0.717, 1.165) is 31.5 Å². The summed E-state index contributed by atoms with van der Waals surface area (Å²) in [5, 5.41) is 13.2. The fraction of sp³-hybridized carbons (Fsp3) is 0.200. The molecule has 6 nitrogen and oxygen atoms in total. The van der Waals surface area contributed by atoms with E-state index in [1.165, 1.54) is 0 Å². The average molecular weight is 346 g/mol. The van der Waals surface area contributed by atoms with Gasteiger partial charge in [-0.25, -0.2) is 4.79 Å². The molecule has 0 N–H and O–H groups in total. The van der Waals surface area contributed by atoms with Gasteiger partial charge in [-0.05, 0) is 49.6 Å². The van der Waals surface area contributed by atoms with E-state index in [1.54, 1.807) is 12.1 Å². The monoisotopic (exact) mass is 346 g/mol. The van der Waals surface area contributed by atoms with E-state index in [-0.39, 0.29) is 12.2 Å². The highest BCUT2D eigenvalue weighted by molar-refractivity contribution is 5.39. The topological polar surface area (TPSA) is 80.7 Å². The van der Waals surface area contributed by atoms with E-state index in [9.17, 15) is 14.9 Å². The molecule has 0 saturated heterocycles. The van der Waals surface area contributed by atoms with E-state index in [1.807, 2.05) is 57.2 Å². The first kappa shape index (κ1) is 17.4. The third-order valence-corrected chi connectivity index (χ3v) is 4.36. The van der Waals surface area contributed by atoms with Crippen LogP contribution in [0.25, 0.3) is 5.69 Å². The van der Waals surface area contributed by atoms with Gasteiger partial charge in [0.2, 0.25) is 5.69 Å². The molecule has 0 saturated carbocycles. The smallest absolute Gasteiger partial charge is 0.266 e. The minimum atomic E-state index is -0.682. The summed E-state index contributed by atoms with van der Waals surface area (Å²) in [6.07, 6.45) is 0. The molecule has 26 heavy (non-hydrogen) atoms. The fourth-order valence-electron chi connectivity index (χ4n) is 2.63. The molecule has 1 heterocycles. The van der Waals surface area contributed by atoms with Crippen LogP contribution in [0.2, 0.25) is 0 Å². The Labute approximate surface area is 150 Å². The number of hydrogen-bond acceptors (Lipinski definition) is 4. The van der Waals surface area contributed by atoms with Crippen molar-refractivity contribution in [3.05, 3.63) is 91.3 Å². The Morgan fingerprint density at radius 3 is 2.31 bits per heavy atom. The molecule has 0 atom stereocenters. The van der Waals surface area contributed by atoms with Gasteiger partial charge in [0.05, 0.1) is 12.2 Å². The van der Waals surface area contributed by atoms with Crippen molar-refractivity contribution in [2.24, 2.45) is 0 Å². The predicted octanol–water partition coefficient (Wildman–Crippen LogP) is 2.24. The summed E-state index contributed by atoms with van der Waals surface area (Å²) in [6, 6.07) is 14.8. The summed E-state index contributed by atoms with van der Waals surface area (Å²) in [7, 11) is 0. The molecule has 0 bridgehead atoms. The molecule has 3 rings (SSSR count). The maximum absolute atomic E-state index is 12.9. The van der Waals surface area contributed by atoms with Crippen molar-refractivity contribution in [2.75, 3.05) is 0 Å². The molecule has 0 radical (unpaired) electrons. The Morgan fingerprint density at radius 1 is 1.00 bits per heavy atom. The molecule has 2 aromatic carbocycles. The molecule has 0 aliphatic heterocycles. The van der Waals surface area contributed by atoms with E-state index >= 15 is 0 Å². The molecular formula is C20H18N4O2. The molecule has 0 aliphatic rings. The zero-order valence-electron chi connectivity index (χ0n) is 14.9. The lowest BCUT2D eigenvalue weighted by atomic mass is 10.1. The van der Waals surface area contributed by atoms with Crippen LogP contribution in [-0.2, 0) is 6.54 Å². The first-order chi connectivity index (χ1) is 12.4. The van der Waals surface area contributed by atoms with E-state index in [2.05, 4.69) is 5.10 Å². The van der Waals surface area contributed by atoms with Crippen LogP contribution in [0.1, 0.15) is 27.9 Å². The maximum Gasteiger partial charge on any atom is 0.352 e. The quantitative estimate of drug-likeness (QED) is 0.728. The van der Waals surface area contributed by atoms with Crippen LogP contribution in [0.5, 0.6) is 0 Å². The highest BCUT2D eigenvalue weighted by atomic mass is 16.2. The van der Waals surface area contributed by atoms with Gasteiger partial charge in [0.1, 0.15) is 6.07 Å². The summed E-state index contributed by atoms with van der Waals surface area (Å²) in [5.41, 5.74) is 2.91. The van der Waals surface area contributed by atoms with Crippen LogP contribution >= 0.6 is 0 Å². The zero-order valence-corrected chi connectivity index (χ0v) is 14.9. The summed E-state index contributed by atoms with van der Waals surface area (Å²) >= 11 is 0. The molecular weight excluding hydrogens is 328 g/mol. The third-order valence-electron chi connectivity index (χ3n) is 4.36. The molecule has 130 valence electrons. The lowest BCUT2D eigenvalue weighted by molar-refractivity contribution is 0.611. The predicted molar refractivity (Wildman–Crippen MR) is 98.6 cm³/mol. The van der Waals surface area contributed by atoms with Crippen molar-refractivity contribution >= 4 is 0 Å². The van der Waals surface area contributed by atoms with Crippen LogP contribution in [0.3, 0.4) is 0 Å². The third kappa shape index (κ3) is 3.20. The summed E-state index contributed by atoms with van der Waals surface area (Å²) in [5.74, 6) is 0. The second kappa shape index (κ2) is 6.81. The fourth-order valence-corrected chi connectivity index (χ4v) is 2.63.